The first-order valence-electron chi connectivity index (χ1n) is 14.9. The molecule has 0 aliphatic rings. The molecule has 2 N–H and O–H groups in total. The van der Waals surface area contributed by atoms with Crippen molar-refractivity contribution in [3.63, 3.8) is 0 Å². The molecule has 3 aromatic rings. The molecule has 20 heteroatoms. The van der Waals surface area contributed by atoms with E-state index >= 15 is 0 Å². The molecule has 258 valence electrons. The zero-order valence-corrected chi connectivity index (χ0v) is 34.9. The Morgan fingerprint density at radius 1 is 0.857 bits per heavy atom. The van der Waals surface area contributed by atoms with Crippen LogP contribution in [0.3, 0.4) is 0 Å². The minimum absolute atomic E-state index is 0. The van der Waals surface area contributed by atoms with E-state index in [0.717, 1.165) is 48.2 Å². The number of H-pyrrole nitrogens is 1. The number of azo groups is 1. The normalized spacial score (nSPS) is 11.6. The third-order valence-electron chi connectivity index (χ3n) is 7.02. The number of unbranched alkanes of at least 4 members (excludes halogenated alkanes) is 9. The van der Waals surface area contributed by atoms with Crippen LogP contribution in [0.25, 0.3) is 5.69 Å². The van der Waals surface area contributed by atoms with Gasteiger partial charge in [0.25, 0.3) is 5.56 Å². The molecule has 0 aliphatic carbocycles. The Labute approximate surface area is 339 Å². The van der Waals surface area contributed by atoms with E-state index < -0.39 is 52.4 Å². The molecule has 1 aromatic heterocycles. The smallest absolute Gasteiger partial charge is 0.744 e. The van der Waals surface area contributed by atoms with Crippen molar-refractivity contribution in [2.45, 2.75) is 87.8 Å². The van der Waals surface area contributed by atoms with Gasteiger partial charge < -0.3 is 13.8 Å². The Morgan fingerprint density at radius 2 is 1.43 bits per heavy atom. The van der Waals surface area contributed by atoms with Crippen LogP contribution in [0.5, 0.6) is 0 Å². The molecule has 1 heterocycles. The molecule has 0 saturated heterocycles. The summed E-state index contributed by atoms with van der Waals surface area (Å²) in [6.07, 6.45) is 10.4. The van der Waals surface area contributed by atoms with Gasteiger partial charge in [0, 0.05) is 5.69 Å². The van der Waals surface area contributed by atoms with E-state index in [9.17, 15) is 35.5 Å². The van der Waals surface area contributed by atoms with Crippen molar-refractivity contribution in [2.24, 2.45) is 10.2 Å². The number of nitrogens with one attached hydrogen (secondary N) is 2. The number of carbonyl (C=O) groups excluding carboxylic acids is 1. The van der Waals surface area contributed by atoms with Crippen molar-refractivity contribution in [1.29, 1.82) is 0 Å². The molecule has 0 spiro atoms. The van der Waals surface area contributed by atoms with Crippen LogP contribution in [0.15, 0.2) is 55.1 Å². The Balaban J connectivity index is 0.00000600. The number of carbonyl (C=O) groups is 1. The second-order valence-electron chi connectivity index (χ2n) is 10.7. The molecule has 0 radical (unpaired) electrons. The molecular weight excluding hydrogens is 743 g/mol. The Kier molecular flexibility index (Phi) is 19.9. The number of hydrogen-bond donors (Lipinski definition) is 2. The van der Waals surface area contributed by atoms with Gasteiger partial charge >= 0.3 is 65.2 Å². The molecule has 49 heavy (non-hydrogen) atoms. The Hall–Kier alpha value is -1.28. The summed E-state index contributed by atoms with van der Waals surface area (Å²) in [5.74, 6) is 0. The predicted molar refractivity (Wildman–Crippen MR) is 175 cm³/mol. The van der Waals surface area contributed by atoms with Crippen LogP contribution in [0, 0.1) is 6.92 Å². The average Bonchev–Trinajstić information content (AvgIpc) is 3.26. The van der Waals surface area contributed by atoms with Gasteiger partial charge in [0.15, 0.2) is 5.69 Å². The van der Waals surface area contributed by atoms with Gasteiger partial charge in [-0.1, -0.05) is 87.9 Å². The standard InChI is InChI=1S/C29H37Cl2N5O9S2.2Na/c1-3-4-5-6-7-8-9-10-11-12-15-45-29(38)32-20-13-14-25(46(39,40)41)23(16-20)33-34-27-19(2)35-36(28(27)37)24-17-22(31)26(18-21(24)30)47(42,43)44;;/h13-14,16-18,35H,3-12,15H2,1-2H3,(H,32,38)(H,39,40,41)(H,42,43,44);;/q;2*+1/p-2. The van der Waals surface area contributed by atoms with Gasteiger partial charge in [-0.3, -0.25) is 15.2 Å². The maximum Gasteiger partial charge on any atom is 1.00 e. The number of ether oxygens (including phenoxy) is 1. The molecule has 2 aromatic carbocycles. The quantitative estimate of drug-likeness (QED) is 0.0878. The van der Waals surface area contributed by atoms with Crippen LogP contribution >= 0.6 is 23.2 Å². The number of anilines is 1. The first-order valence-corrected chi connectivity index (χ1v) is 18.4. The summed E-state index contributed by atoms with van der Waals surface area (Å²) < 4.78 is 75.9. The average molecular weight is 779 g/mol. The van der Waals surface area contributed by atoms with Crippen molar-refractivity contribution in [2.75, 3.05) is 11.9 Å². The van der Waals surface area contributed by atoms with Crippen LogP contribution < -0.4 is 70.0 Å². The van der Waals surface area contributed by atoms with E-state index in [-0.39, 0.29) is 93.5 Å². The van der Waals surface area contributed by atoms with E-state index in [2.05, 4.69) is 27.6 Å². The summed E-state index contributed by atoms with van der Waals surface area (Å²) >= 11 is 12.0. The van der Waals surface area contributed by atoms with Crippen LogP contribution in [0.4, 0.5) is 21.9 Å². The van der Waals surface area contributed by atoms with Gasteiger partial charge in [0.1, 0.15) is 25.9 Å². The zero-order valence-electron chi connectivity index (χ0n) is 27.8. The number of aromatic nitrogens is 2. The third-order valence-corrected chi connectivity index (χ3v) is 9.50. The molecule has 0 saturated carbocycles. The van der Waals surface area contributed by atoms with Crippen molar-refractivity contribution in [3.8, 4) is 5.69 Å². The fourth-order valence-electron chi connectivity index (χ4n) is 4.60. The minimum atomic E-state index is -5.05. The maximum absolute atomic E-state index is 13.1. The maximum atomic E-state index is 13.1. The van der Waals surface area contributed by atoms with E-state index in [4.69, 9.17) is 27.9 Å². The van der Waals surface area contributed by atoms with E-state index in [0.29, 0.717) is 6.42 Å². The topological polar surface area (TPSA) is 215 Å². The molecule has 0 bridgehead atoms. The van der Waals surface area contributed by atoms with E-state index in [1.807, 2.05) is 0 Å². The monoisotopic (exact) mass is 777 g/mol. The van der Waals surface area contributed by atoms with Crippen molar-refractivity contribution < 1.29 is 94.6 Å². The summed E-state index contributed by atoms with van der Waals surface area (Å²) in [6.45, 7) is 3.80. The number of nitrogens with zero attached hydrogens (tertiary/aromatic N) is 3. The number of benzene rings is 2. The molecule has 0 unspecified atom stereocenters. The van der Waals surface area contributed by atoms with E-state index in [1.54, 1.807) is 0 Å². The van der Waals surface area contributed by atoms with Crippen LogP contribution in [0.1, 0.15) is 76.8 Å². The zero-order chi connectivity index (χ0) is 34.8. The van der Waals surface area contributed by atoms with Crippen LogP contribution in [0.2, 0.25) is 10.0 Å². The minimum Gasteiger partial charge on any atom is -0.744 e. The molecule has 3 rings (SSSR count). The Bertz CT molecular complexity index is 1890. The molecular formula is C29H35Cl2N5Na2O9S2. The SMILES string of the molecule is CCCCCCCCCCCCOC(=O)Nc1ccc(S(=O)(=O)[O-])c(N=Nc2c(C)[nH]n(-c3cc(Cl)c(S(=O)(=O)[O-])cc3Cl)c2=O)c1.[Na+].[Na+]. The number of rotatable bonds is 17. The van der Waals surface area contributed by atoms with Gasteiger partial charge in [0.2, 0.25) is 0 Å². The number of aryl methyl sites for hydroxylation is 1. The van der Waals surface area contributed by atoms with Gasteiger partial charge in [-0.25, -0.2) is 26.3 Å². The third kappa shape index (κ3) is 14.0. The van der Waals surface area contributed by atoms with Gasteiger partial charge in [-0.2, -0.15) is 0 Å². The number of amides is 1. The summed E-state index contributed by atoms with van der Waals surface area (Å²) in [4.78, 5) is 23.9. The van der Waals surface area contributed by atoms with Crippen molar-refractivity contribution in [1.82, 2.24) is 9.78 Å². The van der Waals surface area contributed by atoms with Gasteiger partial charge in [-0.05, 0) is 43.7 Å². The number of halogens is 2. The molecule has 1 amide bonds. The van der Waals surface area contributed by atoms with Crippen molar-refractivity contribution >= 4 is 66.6 Å². The van der Waals surface area contributed by atoms with E-state index in [1.165, 1.54) is 51.5 Å². The largest absolute Gasteiger partial charge is 1.00 e. The Morgan fingerprint density at radius 3 is 2.00 bits per heavy atom. The predicted octanol–water partition coefficient (Wildman–Crippen LogP) is 1.48. The molecule has 0 atom stereocenters. The van der Waals surface area contributed by atoms with Crippen molar-refractivity contribution in [3.05, 3.63) is 56.4 Å². The summed E-state index contributed by atoms with van der Waals surface area (Å²) in [5.41, 5.74) is -1.62. The first-order chi connectivity index (χ1) is 22.1. The van der Waals surface area contributed by atoms with Crippen LogP contribution in [-0.2, 0) is 25.0 Å². The fraction of sp³-hybridized carbons (Fsp3) is 0.448. The summed E-state index contributed by atoms with van der Waals surface area (Å²) in [7, 11) is -10.0. The molecule has 0 fully saturated rings. The molecule has 14 nitrogen and oxygen atoms in total. The number of hydrogen-bond acceptors (Lipinski definition) is 11. The molecule has 0 aliphatic heterocycles. The van der Waals surface area contributed by atoms with Gasteiger partial charge in [0.05, 0.1) is 37.8 Å². The summed E-state index contributed by atoms with van der Waals surface area (Å²) in [5, 5.41) is 11.9. The second-order valence-corrected chi connectivity index (χ2v) is 14.2. The first kappa shape index (κ1) is 45.7. The second kappa shape index (κ2) is 21.3. The van der Waals surface area contributed by atoms with Crippen LogP contribution in [-0.4, -0.2) is 48.4 Å². The fourth-order valence-corrected chi connectivity index (χ4v) is 6.51. The summed E-state index contributed by atoms with van der Waals surface area (Å²) in [6, 6.07) is 4.97. The van der Waals surface area contributed by atoms with Gasteiger partial charge in [-0.15, -0.1) is 10.2 Å². The number of aromatic amines is 1.